The van der Waals surface area contributed by atoms with Crippen LogP contribution < -0.4 is 4.90 Å². The number of amides is 1. The van der Waals surface area contributed by atoms with Crippen molar-refractivity contribution in [2.45, 2.75) is 26.3 Å². The summed E-state index contributed by atoms with van der Waals surface area (Å²) in [6, 6.07) is 7.84. The molecular weight excluding hydrogens is 281 g/mol. The molecule has 20 heavy (non-hydrogen) atoms. The Kier molecular flexibility index (Phi) is 3.61. The van der Waals surface area contributed by atoms with Crippen molar-refractivity contribution < 1.29 is 14.3 Å². The van der Waals surface area contributed by atoms with Gasteiger partial charge in [-0.3, -0.25) is 4.90 Å². The second-order valence-electron chi connectivity index (χ2n) is 5.55. The number of fused-ring (bicyclic) bond motifs is 1. The molecule has 0 saturated heterocycles. The van der Waals surface area contributed by atoms with Crippen molar-refractivity contribution in [3.8, 4) is 0 Å². The van der Waals surface area contributed by atoms with Crippen LogP contribution in [0.2, 0.25) is 5.02 Å². The van der Waals surface area contributed by atoms with Crippen molar-refractivity contribution in [1.82, 2.24) is 0 Å². The van der Waals surface area contributed by atoms with Gasteiger partial charge in [0.05, 0.1) is 10.7 Å². The molecule has 0 atom stereocenters. The topological polar surface area (TPSA) is 40.5 Å². The largest absolute Gasteiger partial charge is 0.465 e. The quantitative estimate of drug-likeness (QED) is 0.811. The van der Waals surface area contributed by atoms with E-state index in [1.54, 1.807) is 45.0 Å². The van der Waals surface area contributed by atoms with Crippen LogP contribution in [0.4, 0.5) is 14.9 Å². The van der Waals surface area contributed by atoms with Crippen LogP contribution in [0.25, 0.3) is 10.8 Å². The van der Waals surface area contributed by atoms with E-state index >= 15 is 0 Å². The first-order chi connectivity index (χ1) is 9.21. The Morgan fingerprint density at radius 1 is 1.30 bits per heavy atom. The number of anilines is 1. The van der Waals surface area contributed by atoms with E-state index in [1.807, 2.05) is 0 Å². The van der Waals surface area contributed by atoms with Crippen LogP contribution in [0.15, 0.2) is 30.3 Å². The normalized spacial score (nSPS) is 11.7. The molecular formula is C15H15ClFNO2. The highest BCUT2D eigenvalue weighted by atomic mass is 35.5. The van der Waals surface area contributed by atoms with Crippen LogP contribution in [-0.4, -0.2) is 16.7 Å². The zero-order chi connectivity index (χ0) is 15.1. The second kappa shape index (κ2) is 4.94. The van der Waals surface area contributed by atoms with E-state index in [9.17, 15) is 14.3 Å². The monoisotopic (exact) mass is 295 g/mol. The SMILES string of the molecule is CC(C)(C)N(C(=O)O)c1cc(F)c2c(Cl)cccc2c1. The highest BCUT2D eigenvalue weighted by molar-refractivity contribution is 6.35. The summed E-state index contributed by atoms with van der Waals surface area (Å²) in [5.41, 5.74) is -0.387. The Bertz CT molecular complexity index is 679. The number of hydrogen-bond acceptors (Lipinski definition) is 1. The molecule has 5 heteroatoms. The highest BCUT2D eigenvalue weighted by Crippen LogP contribution is 2.33. The third-order valence-electron chi connectivity index (χ3n) is 2.98. The molecule has 1 N–H and O–H groups in total. The number of halogens is 2. The summed E-state index contributed by atoms with van der Waals surface area (Å²) < 4.78 is 14.2. The fraction of sp³-hybridized carbons (Fsp3) is 0.267. The van der Waals surface area contributed by atoms with Gasteiger partial charge in [-0.2, -0.15) is 0 Å². The Hall–Kier alpha value is -1.81. The summed E-state index contributed by atoms with van der Waals surface area (Å²) in [6.07, 6.45) is -1.13. The standard InChI is InChI=1S/C15H15ClFNO2/c1-15(2,3)18(14(19)20)10-7-9-5-4-6-11(16)13(9)12(17)8-10/h4-8H,1-3H3,(H,19,20). The molecule has 0 unspecified atom stereocenters. The average molecular weight is 296 g/mol. The third kappa shape index (κ3) is 2.56. The Labute approximate surface area is 121 Å². The van der Waals surface area contributed by atoms with Gasteiger partial charge in [-0.05, 0) is 44.4 Å². The van der Waals surface area contributed by atoms with E-state index in [4.69, 9.17) is 11.6 Å². The smallest absolute Gasteiger partial charge is 0.412 e. The molecule has 106 valence electrons. The number of nitrogens with zero attached hydrogens (tertiary/aromatic N) is 1. The lowest BCUT2D eigenvalue weighted by molar-refractivity contribution is 0.195. The molecule has 0 radical (unpaired) electrons. The van der Waals surface area contributed by atoms with E-state index in [0.717, 1.165) is 4.90 Å². The minimum atomic E-state index is -1.13. The maximum Gasteiger partial charge on any atom is 0.412 e. The fourth-order valence-corrected chi connectivity index (χ4v) is 2.50. The number of hydrogen-bond donors (Lipinski definition) is 1. The van der Waals surface area contributed by atoms with Gasteiger partial charge in [0.1, 0.15) is 5.82 Å². The molecule has 1 amide bonds. The van der Waals surface area contributed by atoms with Crippen LogP contribution in [-0.2, 0) is 0 Å². The van der Waals surface area contributed by atoms with Gasteiger partial charge in [0.15, 0.2) is 0 Å². The Balaban J connectivity index is 2.70. The molecule has 2 aromatic carbocycles. The van der Waals surface area contributed by atoms with E-state index in [2.05, 4.69) is 0 Å². The summed E-state index contributed by atoms with van der Waals surface area (Å²) in [6.45, 7) is 5.25. The summed E-state index contributed by atoms with van der Waals surface area (Å²) in [5, 5.41) is 10.5. The second-order valence-corrected chi connectivity index (χ2v) is 5.96. The molecule has 0 saturated carbocycles. The molecule has 0 bridgehead atoms. The van der Waals surface area contributed by atoms with Crippen molar-refractivity contribution in [2.24, 2.45) is 0 Å². The lowest BCUT2D eigenvalue weighted by Gasteiger charge is -2.33. The van der Waals surface area contributed by atoms with Gasteiger partial charge in [0, 0.05) is 10.9 Å². The molecule has 0 aliphatic carbocycles. The van der Waals surface area contributed by atoms with Crippen molar-refractivity contribution >= 4 is 34.2 Å². The van der Waals surface area contributed by atoms with Gasteiger partial charge < -0.3 is 5.11 Å². The Morgan fingerprint density at radius 3 is 2.50 bits per heavy atom. The van der Waals surface area contributed by atoms with Crippen LogP contribution >= 0.6 is 11.6 Å². The first kappa shape index (κ1) is 14.6. The van der Waals surface area contributed by atoms with Crippen LogP contribution in [0.5, 0.6) is 0 Å². The average Bonchev–Trinajstić information content (AvgIpc) is 2.25. The molecule has 0 spiro atoms. The number of rotatable bonds is 1. The molecule has 0 fully saturated rings. The minimum Gasteiger partial charge on any atom is -0.465 e. The molecule has 0 aliphatic rings. The van der Waals surface area contributed by atoms with Gasteiger partial charge in [-0.15, -0.1) is 0 Å². The first-order valence-corrected chi connectivity index (χ1v) is 6.50. The van der Waals surface area contributed by atoms with Crippen molar-refractivity contribution in [2.75, 3.05) is 4.90 Å². The maximum absolute atomic E-state index is 14.2. The molecule has 2 rings (SSSR count). The zero-order valence-corrected chi connectivity index (χ0v) is 12.2. The highest BCUT2D eigenvalue weighted by Gasteiger charge is 2.28. The fourth-order valence-electron chi connectivity index (χ4n) is 2.23. The van der Waals surface area contributed by atoms with Gasteiger partial charge >= 0.3 is 6.09 Å². The first-order valence-electron chi connectivity index (χ1n) is 6.13. The van der Waals surface area contributed by atoms with Crippen molar-refractivity contribution in [3.05, 3.63) is 41.2 Å². The molecule has 0 aliphatic heterocycles. The minimum absolute atomic E-state index is 0.289. The lowest BCUT2D eigenvalue weighted by atomic mass is 10.0. The maximum atomic E-state index is 14.2. The van der Waals surface area contributed by atoms with Gasteiger partial charge in [-0.1, -0.05) is 23.7 Å². The van der Waals surface area contributed by atoms with E-state index in [0.29, 0.717) is 15.8 Å². The van der Waals surface area contributed by atoms with Crippen LogP contribution in [0.1, 0.15) is 20.8 Å². The zero-order valence-electron chi connectivity index (χ0n) is 11.4. The molecule has 0 heterocycles. The number of carbonyl (C=O) groups is 1. The van der Waals surface area contributed by atoms with Crippen molar-refractivity contribution in [3.63, 3.8) is 0 Å². The molecule has 3 nitrogen and oxygen atoms in total. The van der Waals surface area contributed by atoms with Crippen LogP contribution in [0.3, 0.4) is 0 Å². The predicted octanol–water partition coefficient (Wildman–Crippen LogP) is 4.92. The predicted molar refractivity (Wildman–Crippen MR) is 79.2 cm³/mol. The van der Waals surface area contributed by atoms with Crippen molar-refractivity contribution in [1.29, 1.82) is 0 Å². The summed E-state index contributed by atoms with van der Waals surface area (Å²) >= 11 is 5.98. The summed E-state index contributed by atoms with van der Waals surface area (Å²) in [7, 11) is 0. The number of carboxylic acid groups (broad SMARTS) is 1. The lowest BCUT2D eigenvalue weighted by Crippen LogP contribution is -2.45. The molecule has 0 aromatic heterocycles. The van der Waals surface area contributed by atoms with Gasteiger partial charge in [-0.25, -0.2) is 9.18 Å². The molecule has 2 aromatic rings. The van der Waals surface area contributed by atoms with Crippen LogP contribution in [0, 0.1) is 5.82 Å². The van der Waals surface area contributed by atoms with Gasteiger partial charge in [0.25, 0.3) is 0 Å². The summed E-state index contributed by atoms with van der Waals surface area (Å²) in [4.78, 5) is 12.6. The van der Waals surface area contributed by atoms with E-state index in [1.165, 1.54) is 6.07 Å². The van der Waals surface area contributed by atoms with E-state index in [-0.39, 0.29) is 5.69 Å². The van der Waals surface area contributed by atoms with E-state index < -0.39 is 17.4 Å². The number of benzene rings is 2. The van der Waals surface area contributed by atoms with Gasteiger partial charge in [0.2, 0.25) is 0 Å². The summed E-state index contributed by atoms with van der Waals surface area (Å²) in [5.74, 6) is -0.529. The Morgan fingerprint density at radius 2 is 1.95 bits per heavy atom. The third-order valence-corrected chi connectivity index (χ3v) is 3.30.